The molecule has 0 aliphatic heterocycles. The van der Waals surface area contributed by atoms with Gasteiger partial charge >= 0.3 is 5.97 Å². The maximum Gasteiger partial charge on any atom is 0.337 e. The van der Waals surface area contributed by atoms with Crippen LogP contribution in [-0.2, 0) is 22.6 Å². The number of aromatic carboxylic acids is 1. The van der Waals surface area contributed by atoms with Crippen LogP contribution in [0.2, 0.25) is 0 Å². The zero-order valence-corrected chi connectivity index (χ0v) is 12.7. The lowest BCUT2D eigenvalue weighted by atomic mass is 10.2. The maximum atomic E-state index is 12.4. The molecule has 0 saturated carbocycles. The average molecular weight is 360 g/mol. The third kappa shape index (κ3) is 2.88. The van der Waals surface area contributed by atoms with Gasteiger partial charge in [0.2, 0.25) is 0 Å². The number of carbonyl (C=O) groups is 1. The summed E-state index contributed by atoms with van der Waals surface area (Å²) in [5, 5.41) is 12.9. The molecule has 106 valence electrons. The summed E-state index contributed by atoms with van der Waals surface area (Å²) in [5.74, 6) is -1.48. The Labute approximate surface area is 123 Å². The topological polar surface area (TPSA) is 102 Å². The second-order valence-electron chi connectivity index (χ2n) is 4.00. The van der Waals surface area contributed by atoms with Crippen LogP contribution in [0.25, 0.3) is 0 Å². The number of hydrogen-bond donors (Lipinski definition) is 1. The molecule has 0 aliphatic carbocycles. The zero-order chi connectivity index (χ0) is 14.9. The van der Waals surface area contributed by atoms with E-state index in [1.54, 1.807) is 7.05 Å². The van der Waals surface area contributed by atoms with Crippen LogP contribution >= 0.6 is 15.9 Å². The predicted octanol–water partition coefficient (Wildman–Crippen LogP) is 1.25. The Hall–Kier alpha value is -1.74. The molecule has 2 rings (SSSR count). The third-order valence-electron chi connectivity index (χ3n) is 2.63. The summed E-state index contributed by atoms with van der Waals surface area (Å²) >= 11 is 3.14. The molecule has 20 heavy (non-hydrogen) atoms. The molecule has 1 heterocycles. The summed E-state index contributed by atoms with van der Waals surface area (Å²) in [7, 11) is -2.27. The normalized spacial score (nSPS) is 11.5. The van der Waals surface area contributed by atoms with E-state index in [0.717, 1.165) is 0 Å². The van der Waals surface area contributed by atoms with Crippen molar-refractivity contribution in [3.05, 3.63) is 40.4 Å². The van der Waals surface area contributed by atoms with Gasteiger partial charge in [-0.05, 0) is 18.2 Å². The molecule has 0 fully saturated rings. The summed E-state index contributed by atoms with van der Waals surface area (Å²) in [4.78, 5) is 14.7. The number of aromatic nitrogens is 3. The Balaban J connectivity index is 2.52. The number of hydrogen-bond acceptors (Lipinski definition) is 5. The van der Waals surface area contributed by atoms with Crippen molar-refractivity contribution in [3.8, 4) is 0 Å². The van der Waals surface area contributed by atoms with Crippen LogP contribution in [0.15, 0.2) is 33.9 Å². The lowest BCUT2D eigenvalue weighted by molar-refractivity contribution is 0.0692. The second kappa shape index (κ2) is 5.33. The molecule has 2 aromatic rings. The smallest absolute Gasteiger partial charge is 0.337 e. The number of benzene rings is 1. The van der Waals surface area contributed by atoms with Gasteiger partial charge in [0.15, 0.2) is 9.84 Å². The minimum Gasteiger partial charge on any atom is -0.478 e. The first-order valence-electron chi connectivity index (χ1n) is 5.40. The number of nitrogens with zero attached hydrogens (tertiary/aromatic N) is 3. The van der Waals surface area contributed by atoms with E-state index >= 15 is 0 Å². The van der Waals surface area contributed by atoms with E-state index in [4.69, 9.17) is 5.11 Å². The molecule has 0 saturated heterocycles. The highest BCUT2D eigenvalue weighted by molar-refractivity contribution is 9.10. The van der Waals surface area contributed by atoms with Gasteiger partial charge in [-0.3, -0.25) is 4.68 Å². The minimum atomic E-state index is -3.84. The monoisotopic (exact) mass is 359 g/mol. The van der Waals surface area contributed by atoms with Gasteiger partial charge in [0, 0.05) is 11.5 Å². The van der Waals surface area contributed by atoms with Crippen LogP contribution in [0, 0.1) is 0 Å². The molecule has 9 heteroatoms. The molecule has 0 unspecified atom stereocenters. The highest BCUT2D eigenvalue weighted by atomic mass is 79.9. The average Bonchev–Trinajstić information content (AvgIpc) is 2.74. The highest BCUT2D eigenvalue weighted by Gasteiger charge is 2.24. The number of rotatable bonds is 4. The van der Waals surface area contributed by atoms with E-state index in [2.05, 4.69) is 26.0 Å². The van der Waals surface area contributed by atoms with Gasteiger partial charge < -0.3 is 5.11 Å². The summed E-state index contributed by atoms with van der Waals surface area (Å²) < 4.78 is 26.5. The lowest BCUT2D eigenvalue weighted by Gasteiger charge is -2.08. The summed E-state index contributed by atoms with van der Waals surface area (Å²) in [6, 6.07) is 4.00. The zero-order valence-electron chi connectivity index (χ0n) is 10.3. The number of halogens is 1. The quantitative estimate of drug-likeness (QED) is 0.881. The predicted molar refractivity (Wildman–Crippen MR) is 73.0 cm³/mol. The number of sulfone groups is 1. The number of aryl methyl sites for hydroxylation is 1. The van der Waals surface area contributed by atoms with Crippen molar-refractivity contribution in [2.75, 3.05) is 0 Å². The van der Waals surface area contributed by atoms with E-state index in [-0.39, 0.29) is 16.3 Å². The largest absolute Gasteiger partial charge is 0.478 e. The first-order chi connectivity index (χ1) is 9.31. The Morgan fingerprint density at radius 1 is 1.45 bits per heavy atom. The SMILES string of the molecule is Cn1ncnc1CS(=O)(=O)c1cc(Br)ccc1C(=O)O. The van der Waals surface area contributed by atoms with Gasteiger partial charge in [0.05, 0.1) is 10.5 Å². The lowest BCUT2D eigenvalue weighted by Crippen LogP contribution is -2.14. The van der Waals surface area contributed by atoms with Crippen molar-refractivity contribution < 1.29 is 18.3 Å². The first kappa shape index (κ1) is 14.7. The molecule has 0 spiro atoms. The fraction of sp³-hybridized carbons (Fsp3) is 0.182. The Kier molecular flexibility index (Phi) is 3.91. The summed E-state index contributed by atoms with van der Waals surface area (Å²) in [6.45, 7) is 0. The van der Waals surface area contributed by atoms with Crippen molar-refractivity contribution in [2.45, 2.75) is 10.6 Å². The van der Waals surface area contributed by atoms with Crippen molar-refractivity contribution >= 4 is 31.7 Å². The van der Waals surface area contributed by atoms with Crippen LogP contribution in [0.3, 0.4) is 0 Å². The van der Waals surface area contributed by atoms with Gasteiger partial charge in [-0.1, -0.05) is 15.9 Å². The molecule has 0 bridgehead atoms. The standard InChI is InChI=1S/C11H10BrN3O4S/c1-15-10(13-6-14-15)5-20(18,19)9-4-7(12)2-3-8(9)11(16)17/h2-4,6H,5H2,1H3,(H,16,17). The Bertz CT molecular complexity index is 770. The van der Waals surface area contributed by atoms with Crippen LogP contribution < -0.4 is 0 Å². The molecule has 0 amide bonds. The Morgan fingerprint density at radius 2 is 2.15 bits per heavy atom. The first-order valence-corrected chi connectivity index (χ1v) is 7.84. The molecular formula is C11H10BrN3O4S. The van der Waals surface area contributed by atoms with Gasteiger partial charge in [0.1, 0.15) is 17.9 Å². The summed E-state index contributed by atoms with van der Waals surface area (Å²) in [6.07, 6.45) is 1.24. The third-order valence-corrected chi connectivity index (χ3v) is 4.77. The van der Waals surface area contributed by atoms with Crippen LogP contribution in [-0.4, -0.2) is 34.3 Å². The van der Waals surface area contributed by atoms with E-state index < -0.39 is 21.6 Å². The second-order valence-corrected chi connectivity index (χ2v) is 6.88. The molecule has 1 aromatic carbocycles. The molecule has 1 aromatic heterocycles. The van der Waals surface area contributed by atoms with Crippen molar-refractivity contribution in [1.82, 2.24) is 14.8 Å². The van der Waals surface area contributed by atoms with Gasteiger partial charge in [-0.25, -0.2) is 18.2 Å². The fourth-order valence-electron chi connectivity index (χ4n) is 1.63. The van der Waals surface area contributed by atoms with Crippen molar-refractivity contribution in [3.63, 3.8) is 0 Å². The van der Waals surface area contributed by atoms with Crippen molar-refractivity contribution in [1.29, 1.82) is 0 Å². The fourth-order valence-corrected chi connectivity index (χ4v) is 3.70. The van der Waals surface area contributed by atoms with E-state index in [1.807, 2.05) is 0 Å². The molecule has 1 N–H and O–H groups in total. The molecular weight excluding hydrogens is 350 g/mol. The van der Waals surface area contributed by atoms with Crippen LogP contribution in [0.4, 0.5) is 0 Å². The van der Waals surface area contributed by atoms with E-state index in [9.17, 15) is 13.2 Å². The van der Waals surface area contributed by atoms with Crippen LogP contribution in [0.1, 0.15) is 16.2 Å². The maximum absolute atomic E-state index is 12.4. The van der Waals surface area contributed by atoms with Gasteiger partial charge in [0.25, 0.3) is 0 Å². The highest BCUT2D eigenvalue weighted by Crippen LogP contribution is 2.24. The molecule has 0 radical (unpaired) electrons. The molecule has 0 aliphatic rings. The summed E-state index contributed by atoms with van der Waals surface area (Å²) in [5.41, 5.74) is -0.268. The number of carboxylic acids is 1. The molecule has 0 atom stereocenters. The molecule has 7 nitrogen and oxygen atoms in total. The van der Waals surface area contributed by atoms with Crippen molar-refractivity contribution in [2.24, 2.45) is 7.05 Å². The van der Waals surface area contributed by atoms with Crippen LogP contribution in [0.5, 0.6) is 0 Å². The minimum absolute atomic E-state index is 0.237. The Morgan fingerprint density at radius 3 is 2.70 bits per heavy atom. The van der Waals surface area contributed by atoms with E-state index in [0.29, 0.717) is 4.47 Å². The van der Waals surface area contributed by atoms with Gasteiger partial charge in [-0.15, -0.1) is 0 Å². The van der Waals surface area contributed by atoms with Gasteiger partial charge in [-0.2, -0.15) is 5.10 Å². The van der Waals surface area contributed by atoms with E-state index in [1.165, 1.54) is 29.2 Å². The number of carboxylic acid groups (broad SMARTS) is 1.